The van der Waals surface area contributed by atoms with Crippen LogP contribution in [0.2, 0.25) is 0 Å². The maximum Gasteiger partial charge on any atom is 0.263 e. The highest BCUT2D eigenvalue weighted by Crippen LogP contribution is 2.24. The van der Waals surface area contributed by atoms with Crippen LogP contribution in [0.4, 0.5) is 4.39 Å². The van der Waals surface area contributed by atoms with Crippen molar-refractivity contribution in [2.24, 2.45) is 0 Å². The second-order valence-electron chi connectivity index (χ2n) is 6.70. The number of likely N-dealkylation sites (tertiary alicyclic amines) is 1. The molecule has 1 aliphatic heterocycles. The number of piperidine rings is 1. The van der Waals surface area contributed by atoms with Crippen molar-refractivity contribution in [3.05, 3.63) is 64.6 Å². The van der Waals surface area contributed by atoms with Crippen molar-refractivity contribution in [1.29, 1.82) is 0 Å². The summed E-state index contributed by atoms with van der Waals surface area (Å²) < 4.78 is 20.4. The molecule has 28 heavy (non-hydrogen) atoms. The summed E-state index contributed by atoms with van der Waals surface area (Å²) in [7, 11) is 1.38. The Morgan fingerprint density at radius 2 is 2.00 bits per heavy atom. The summed E-state index contributed by atoms with van der Waals surface area (Å²) in [6.07, 6.45) is 4.37. The normalized spacial score (nSPS) is 15.0. The number of pyridine rings is 1. The number of aromatic nitrogens is 3. The van der Waals surface area contributed by atoms with Crippen LogP contribution in [0.15, 0.2) is 47.7 Å². The zero-order chi connectivity index (χ0) is 19.7. The molecule has 0 aliphatic carbocycles. The maximum atomic E-state index is 13.9. The second kappa shape index (κ2) is 7.38. The first kappa shape index (κ1) is 18.1. The lowest BCUT2D eigenvalue weighted by atomic mass is 10.0. The highest BCUT2D eigenvalue weighted by atomic mass is 19.1. The number of carbonyl (C=O) groups excluding carboxylic acids is 1. The van der Waals surface area contributed by atoms with Gasteiger partial charge in [0.05, 0.1) is 12.5 Å². The van der Waals surface area contributed by atoms with Crippen LogP contribution in [-0.4, -0.2) is 45.5 Å². The number of carbonyl (C=O) groups is 1. The Balaban J connectivity index is 1.49. The third kappa shape index (κ3) is 3.21. The molecule has 3 heterocycles. The van der Waals surface area contributed by atoms with Crippen LogP contribution in [0.5, 0.6) is 5.75 Å². The molecule has 144 valence electrons. The summed E-state index contributed by atoms with van der Waals surface area (Å²) >= 11 is 0. The number of nitrogens with zero attached hydrogens (tertiary/aromatic N) is 4. The van der Waals surface area contributed by atoms with Gasteiger partial charge in [0.25, 0.3) is 11.5 Å². The monoisotopic (exact) mass is 382 g/mol. The van der Waals surface area contributed by atoms with Crippen LogP contribution in [0.3, 0.4) is 0 Å². The van der Waals surface area contributed by atoms with E-state index in [1.165, 1.54) is 25.6 Å². The minimum absolute atomic E-state index is 0.0405. The summed E-state index contributed by atoms with van der Waals surface area (Å²) in [5.41, 5.74) is 0.588. The zero-order valence-electron chi connectivity index (χ0n) is 15.3. The quantitative estimate of drug-likeness (QED) is 0.695. The second-order valence-corrected chi connectivity index (χ2v) is 6.70. The minimum Gasteiger partial charge on any atom is -0.494 e. The largest absolute Gasteiger partial charge is 0.494 e. The first-order valence-electron chi connectivity index (χ1n) is 9.03. The topological polar surface area (TPSA) is 77.3 Å². The average molecular weight is 382 g/mol. The summed E-state index contributed by atoms with van der Waals surface area (Å²) in [5, 5.41) is 0.484. The third-order valence-corrected chi connectivity index (χ3v) is 5.10. The molecule has 0 bridgehead atoms. The Kier molecular flexibility index (Phi) is 4.77. The van der Waals surface area contributed by atoms with Crippen LogP contribution >= 0.6 is 0 Å². The number of benzene rings is 1. The van der Waals surface area contributed by atoms with Gasteiger partial charge in [-0.1, -0.05) is 0 Å². The number of amides is 1. The Labute approximate surface area is 160 Å². The van der Waals surface area contributed by atoms with Crippen LogP contribution in [0, 0.1) is 5.82 Å². The van der Waals surface area contributed by atoms with Crippen LogP contribution < -0.4 is 10.3 Å². The lowest BCUT2D eigenvalue weighted by Crippen LogP contribution is -2.41. The van der Waals surface area contributed by atoms with E-state index in [-0.39, 0.29) is 28.8 Å². The highest BCUT2D eigenvalue weighted by Gasteiger charge is 2.26. The van der Waals surface area contributed by atoms with E-state index in [0.717, 1.165) is 0 Å². The first-order valence-corrected chi connectivity index (χ1v) is 9.03. The molecule has 1 aromatic carbocycles. The molecule has 1 aliphatic rings. The standard InChI is InChI=1S/C20H19FN4O3/c1-28-17-5-4-13(11-16(17)21)19(26)24-9-6-14(7-10-24)25-12-23-18-15(20(25)27)3-2-8-22-18/h2-5,8,11-12,14H,6-7,9-10H2,1H3. The molecule has 0 spiro atoms. The fraction of sp³-hybridized carbons (Fsp3) is 0.300. The molecule has 1 fully saturated rings. The van der Waals surface area contributed by atoms with Gasteiger partial charge in [0.2, 0.25) is 0 Å². The van der Waals surface area contributed by atoms with E-state index in [1.54, 1.807) is 33.9 Å². The number of ether oxygens (including phenoxy) is 1. The molecule has 4 rings (SSSR count). The Morgan fingerprint density at radius 1 is 1.21 bits per heavy atom. The van der Waals surface area contributed by atoms with E-state index < -0.39 is 5.82 Å². The number of methoxy groups -OCH3 is 1. The van der Waals surface area contributed by atoms with Gasteiger partial charge in [-0.3, -0.25) is 14.2 Å². The molecule has 3 aromatic rings. The van der Waals surface area contributed by atoms with Gasteiger partial charge in [-0.2, -0.15) is 0 Å². The Bertz CT molecular complexity index is 1090. The zero-order valence-corrected chi connectivity index (χ0v) is 15.3. The van der Waals surface area contributed by atoms with Gasteiger partial charge in [0, 0.05) is 30.9 Å². The van der Waals surface area contributed by atoms with Crippen LogP contribution in [0.25, 0.3) is 11.0 Å². The van der Waals surface area contributed by atoms with Gasteiger partial charge in [-0.25, -0.2) is 14.4 Å². The van der Waals surface area contributed by atoms with Crippen molar-refractivity contribution in [3.63, 3.8) is 0 Å². The molecular weight excluding hydrogens is 363 g/mol. The van der Waals surface area contributed by atoms with Crippen LogP contribution in [0.1, 0.15) is 29.2 Å². The summed E-state index contributed by atoms with van der Waals surface area (Å²) in [5.74, 6) is -0.688. The molecule has 7 nitrogen and oxygen atoms in total. The SMILES string of the molecule is COc1ccc(C(=O)N2CCC(n3cnc4ncccc4c3=O)CC2)cc1F. The van der Waals surface area contributed by atoms with Gasteiger partial charge in [-0.15, -0.1) is 0 Å². The first-order chi connectivity index (χ1) is 13.6. The molecular formula is C20H19FN4O3. The lowest BCUT2D eigenvalue weighted by molar-refractivity contribution is 0.0692. The fourth-order valence-corrected chi connectivity index (χ4v) is 3.56. The predicted molar refractivity (Wildman–Crippen MR) is 101 cm³/mol. The molecule has 0 N–H and O–H groups in total. The molecule has 1 amide bonds. The lowest BCUT2D eigenvalue weighted by Gasteiger charge is -2.32. The molecule has 2 aromatic heterocycles. The van der Waals surface area contributed by atoms with Gasteiger partial charge in [-0.05, 0) is 43.2 Å². The van der Waals surface area contributed by atoms with Crippen LogP contribution in [-0.2, 0) is 0 Å². The van der Waals surface area contributed by atoms with Gasteiger partial charge in [0.1, 0.15) is 6.33 Å². The molecule has 0 saturated carbocycles. The summed E-state index contributed by atoms with van der Waals surface area (Å²) in [6, 6.07) is 7.58. The van der Waals surface area contributed by atoms with E-state index in [1.807, 2.05) is 0 Å². The summed E-state index contributed by atoms with van der Waals surface area (Å²) in [6.45, 7) is 0.962. The van der Waals surface area contributed by atoms with Crippen molar-refractivity contribution in [2.75, 3.05) is 20.2 Å². The molecule has 1 saturated heterocycles. The minimum atomic E-state index is -0.564. The van der Waals surface area contributed by atoms with Crippen molar-refractivity contribution >= 4 is 16.9 Å². The van der Waals surface area contributed by atoms with Crippen molar-refractivity contribution in [1.82, 2.24) is 19.4 Å². The average Bonchev–Trinajstić information content (AvgIpc) is 2.74. The molecule has 0 radical (unpaired) electrons. The maximum absolute atomic E-state index is 13.9. The smallest absolute Gasteiger partial charge is 0.263 e. The molecule has 0 unspecified atom stereocenters. The number of halogens is 1. The van der Waals surface area contributed by atoms with Crippen molar-refractivity contribution in [3.8, 4) is 5.75 Å². The van der Waals surface area contributed by atoms with Crippen molar-refractivity contribution < 1.29 is 13.9 Å². The number of fused-ring (bicyclic) bond motifs is 1. The van der Waals surface area contributed by atoms with E-state index in [2.05, 4.69) is 9.97 Å². The van der Waals surface area contributed by atoms with Gasteiger partial charge < -0.3 is 9.64 Å². The van der Waals surface area contributed by atoms with E-state index in [0.29, 0.717) is 37.0 Å². The van der Waals surface area contributed by atoms with Gasteiger partial charge >= 0.3 is 0 Å². The van der Waals surface area contributed by atoms with E-state index in [4.69, 9.17) is 4.74 Å². The van der Waals surface area contributed by atoms with E-state index in [9.17, 15) is 14.0 Å². The number of hydrogen-bond acceptors (Lipinski definition) is 5. The number of hydrogen-bond donors (Lipinski definition) is 0. The number of rotatable bonds is 3. The molecule has 0 atom stereocenters. The van der Waals surface area contributed by atoms with Gasteiger partial charge in [0.15, 0.2) is 17.2 Å². The van der Waals surface area contributed by atoms with Crippen molar-refractivity contribution in [2.45, 2.75) is 18.9 Å². The highest BCUT2D eigenvalue weighted by molar-refractivity contribution is 5.94. The molecule has 8 heteroatoms. The Hall–Kier alpha value is -3.29. The fourth-order valence-electron chi connectivity index (χ4n) is 3.56. The Morgan fingerprint density at radius 3 is 2.71 bits per heavy atom. The predicted octanol–water partition coefficient (Wildman–Crippen LogP) is 2.42. The third-order valence-electron chi connectivity index (χ3n) is 5.10. The van der Waals surface area contributed by atoms with E-state index >= 15 is 0 Å². The summed E-state index contributed by atoms with van der Waals surface area (Å²) in [4.78, 5) is 35.4.